The molecule has 0 fully saturated rings. The topological polar surface area (TPSA) is 43.4 Å². The van der Waals surface area contributed by atoms with Gasteiger partial charge in [-0.25, -0.2) is 4.98 Å². The Morgan fingerprint density at radius 2 is 1.62 bits per heavy atom. The number of pyridine rings is 1. The van der Waals surface area contributed by atoms with E-state index in [1.165, 1.54) is 5.56 Å². The van der Waals surface area contributed by atoms with Crippen LogP contribution >= 0.6 is 0 Å². The molecule has 134 valence electrons. The predicted molar refractivity (Wildman–Crippen MR) is 103 cm³/mol. The van der Waals surface area contributed by atoms with Crippen LogP contribution in [-0.4, -0.2) is 18.1 Å². The number of nitrogens with zero attached hydrogens (tertiary/aromatic N) is 1. The van der Waals surface area contributed by atoms with Gasteiger partial charge in [0.05, 0.1) is 6.61 Å². The molecule has 0 aliphatic heterocycles. The molecule has 0 aliphatic rings. The first-order valence-corrected chi connectivity index (χ1v) is 8.91. The van der Waals surface area contributed by atoms with E-state index in [1.807, 2.05) is 54.6 Å². The van der Waals surface area contributed by atoms with Gasteiger partial charge >= 0.3 is 0 Å². The van der Waals surface area contributed by atoms with Crippen molar-refractivity contribution in [2.75, 3.05) is 13.2 Å². The van der Waals surface area contributed by atoms with Gasteiger partial charge in [-0.15, -0.1) is 0 Å². The van der Waals surface area contributed by atoms with Crippen LogP contribution in [0.25, 0.3) is 0 Å². The number of para-hydroxylation sites is 1. The lowest BCUT2D eigenvalue weighted by atomic mass is 10.2. The van der Waals surface area contributed by atoms with Crippen LogP contribution < -0.4 is 14.8 Å². The molecule has 2 aromatic carbocycles. The van der Waals surface area contributed by atoms with Crippen molar-refractivity contribution in [2.45, 2.75) is 19.6 Å². The average Bonchev–Trinajstić information content (AvgIpc) is 2.71. The van der Waals surface area contributed by atoms with E-state index in [1.54, 1.807) is 6.20 Å². The third-order valence-corrected chi connectivity index (χ3v) is 3.91. The molecule has 0 bridgehead atoms. The zero-order valence-corrected chi connectivity index (χ0v) is 14.8. The second kappa shape index (κ2) is 10.2. The van der Waals surface area contributed by atoms with Gasteiger partial charge in [0, 0.05) is 24.4 Å². The zero-order chi connectivity index (χ0) is 17.9. The lowest BCUT2D eigenvalue weighted by Crippen LogP contribution is -2.17. The highest BCUT2D eigenvalue weighted by atomic mass is 16.5. The summed E-state index contributed by atoms with van der Waals surface area (Å²) in [5, 5.41) is 3.45. The summed E-state index contributed by atoms with van der Waals surface area (Å²) in [6.45, 7) is 2.88. The van der Waals surface area contributed by atoms with Crippen LogP contribution in [0.2, 0.25) is 0 Å². The largest absolute Gasteiger partial charge is 0.489 e. The third kappa shape index (κ3) is 5.90. The minimum absolute atomic E-state index is 0.579. The number of nitrogens with one attached hydrogen (secondary N) is 1. The molecule has 3 rings (SSSR count). The van der Waals surface area contributed by atoms with E-state index in [9.17, 15) is 0 Å². The van der Waals surface area contributed by atoms with Gasteiger partial charge in [0.2, 0.25) is 5.88 Å². The van der Waals surface area contributed by atoms with Crippen LogP contribution in [0, 0.1) is 0 Å². The van der Waals surface area contributed by atoms with Crippen LogP contribution in [0.5, 0.6) is 11.6 Å². The van der Waals surface area contributed by atoms with Crippen molar-refractivity contribution in [3.63, 3.8) is 0 Å². The summed E-state index contributed by atoms with van der Waals surface area (Å²) in [5.41, 5.74) is 2.33. The monoisotopic (exact) mass is 348 g/mol. The number of ether oxygens (including phenoxy) is 2. The highest BCUT2D eigenvalue weighted by molar-refractivity contribution is 5.33. The fraction of sp³-hybridized carbons (Fsp3) is 0.227. The number of benzene rings is 2. The molecule has 0 spiro atoms. The summed E-state index contributed by atoms with van der Waals surface area (Å²) in [6.07, 6.45) is 2.66. The summed E-state index contributed by atoms with van der Waals surface area (Å²) >= 11 is 0. The molecule has 3 aromatic rings. The highest BCUT2D eigenvalue weighted by Gasteiger charge is 2.03. The molecule has 26 heavy (non-hydrogen) atoms. The Morgan fingerprint density at radius 1 is 0.808 bits per heavy atom. The van der Waals surface area contributed by atoms with E-state index in [2.05, 4.69) is 28.5 Å². The van der Waals surface area contributed by atoms with Crippen molar-refractivity contribution >= 4 is 0 Å². The Morgan fingerprint density at radius 3 is 2.46 bits per heavy atom. The lowest BCUT2D eigenvalue weighted by Gasteiger charge is -2.12. The molecule has 0 aliphatic carbocycles. The molecule has 1 N–H and O–H groups in total. The van der Waals surface area contributed by atoms with Gasteiger partial charge in [-0.3, -0.25) is 0 Å². The second-order valence-electron chi connectivity index (χ2n) is 5.93. The molecular weight excluding hydrogens is 324 g/mol. The number of rotatable bonds is 10. The second-order valence-corrected chi connectivity index (χ2v) is 5.93. The fourth-order valence-electron chi connectivity index (χ4n) is 2.56. The maximum Gasteiger partial charge on any atom is 0.213 e. The quantitative estimate of drug-likeness (QED) is 0.557. The van der Waals surface area contributed by atoms with E-state index in [0.29, 0.717) is 19.1 Å². The number of aromatic nitrogens is 1. The Labute approximate surface area is 154 Å². The van der Waals surface area contributed by atoms with Gasteiger partial charge in [0.15, 0.2) is 0 Å². The predicted octanol–water partition coefficient (Wildman–Crippen LogP) is 4.22. The first-order chi connectivity index (χ1) is 12.9. The molecule has 0 radical (unpaired) electrons. The van der Waals surface area contributed by atoms with Gasteiger partial charge in [0.1, 0.15) is 12.4 Å². The molecule has 0 saturated carbocycles. The first-order valence-electron chi connectivity index (χ1n) is 8.91. The molecule has 4 nitrogen and oxygen atoms in total. The molecule has 0 amide bonds. The van der Waals surface area contributed by atoms with Crippen LogP contribution in [-0.2, 0) is 13.2 Å². The Bertz CT molecular complexity index is 763. The SMILES string of the molecule is c1ccc(COc2ccccc2CNCCCOc2ccccn2)cc1. The standard InChI is InChI=1S/C22H24N2O2/c1-2-9-19(10-3-1)18-26-21-12-5-4-11-20(21)17-23-14-8-16-25-22-13-6-7-15-24-22/h1-7,9-13,15,23H,8,14,16-18H2. The molecule has 0 unspecified atom stereocenters. The summed E-state index contributed by atoms with van der Waals surface area (Å²) in [4.78, 5) is 4.14. The summed E-state index contributed by atoms with van der Waals surface area (Å²) in [6, 6.07) is 24.0. The summed E-state index contributed by atoms with van der Waals surface area (Å²) in [5.74, 6) is 1.60. The maximum atomic E-state index is 5.99. The minimum Gasteiger partial charge on any atom is -0.489 e. The minimum atomic E-state index is 0.579. The van der Waals surface area contributed by atoms with Crippen molar-refractivity contribution in [2.24, 2.45) is 0 Å². The van der Waals surface area contributed by atoms with Crippen LogP contribution in [0.3, 0.4) is 0 Å². The summed E-state index contributed by atoms with van der Waals surface area (Å²) < 4.78 is 11.6. The lowest BCUT2D eigenvalue weighted by molar-refractivity contribution is 0.294. The number of hydrogen-bond acceptors (Lipinski definition) is 4. The highest BCUT2D eigenvalue weighted by Crippen LogP contribution is 2.19. The van der Waals surface area contributed by atoms with Gasteiger partial charge in [-0.1, -0.05) is 54.6 Å². The van der Waals surface area contributed by atoms with Crippen molar-refractivity contribution < 1.29 is 9.47 Å². The Kier molecular flexibility index (Phi) is 7.05. The third-order valence-electron chi connectivity index (χ3n) is 3.91. The molecule has 0 saturated heterocycles. The average molecular weight is 348 g/mol. The normalized spacial score (nSPS) is 10.5. The van der Waals surface area contributed by atoms with Crippen molar-refractivity contribution in [1.29, 1.82) is 0 Å². The Balaban J connectivity index is 1.39. The van der Waals surface area contributed by atoms with Gasteiger partial charge in [-0.2, -0.15) is 0 Å². The number of hydrogen-bond donors (Lipinski definition) is 1. The fourth-order valence-corrected chi connectivity index (χ4v) is 2.56. The maximum absolute atomic E-state index is 5.99. The van der Waals surface area contributed by atoms with E-state index >= 15 is 0 Å². The van der Waals surface area contributed by atoms with Gasteiger partial charge in [0.25, 0.3) is 0 Å². The molecular formula is C22H24N2O2. The van der Waals surface area contributed by atoms with E-state index in [0.717, 1.165) is 30.8 Å². The van der Waals surface area contributed by atoms with E-state index in [4.69, 9.17) is 9.47 Å². The first kappa shape index (κ1) is 18.0. The summed E-state index contributed by atoms with van der Waals surface area (Å²) in [7, 11) is 0. The van der Waals surface area contributed by atoms with Gasteiger partial charge < -0.3 is 14.8 Å². The molecule has 1 aromatic heterocycles. The van der Waals surface area contributed by atoms with Gasteiger partial charge in [-0.05, 0) is 30.7 Å². The van der Waals surface area contributed by atoms with E-state index in [-0.39, 0.29) is 0 Å². The Hall–Kier alpha value is -2.85. The van der Waals surface area contributed by atoms with Crippen molar-refractivity contribution in [3.05, 3.63) is 90.1 Å². The van der Waals surface area contributed by atoms with Crippen molar-refractivity contribution in [1.82, 2.24) is 10.3 Å². The molecule has 1 heterocycles. The smallest absolute Gasteiger partial charge is 0.213 e. The van der Waals surface area contributed by atoms with Crippen LogP contribution in [0.1, 0.15) is 17.5 Å². The molecule has 0 atom stereocenters. The van der Waals surface area contributed by atoms with Crippen molar-refractivity contribution in [3.8, 4) is 11.6 Å². The van der Waals surface area contributed by atoms with E-state index < -0.39 is 0 Å². The van der Waals surface area contributed by atoms with Crippen LogP contribution in [0.15, 0.2) is 79.0 Å². The zero-order valence-electron chi connectivity index (χ0n) is 14.8. The molecule has 4 heteroatoms. The van der Waals surface area contributed by atoms with Crippen LogP contribution in [0.4, 0.5) is 0 Å².